The molecule has 0 spiro atoms. The van der Waals surface area contributed by atoms with Gasteiger partial charge >= 0.3 is 13.1 Å². The van der Waals surface area contributed by atoms with Crippen LogP contribution in [0.2, 0.25) is 0 Å². The average Bonchev–Trinajstić information content (AvgIpc) is 3.12. The largest absolute Gasteiger partial charge is 0.563 e. The first kappa shape index (κ1) is 18.1. The minimum absolute atomic E-state index is 0.204. The number of esters is 1. The van der Waals surface area contributed by atoms with Crippen molar-refractivity contribution in [3.63, 3.8) is 0 Å². The van der Waals surface area contributed by atoms with Gasteiger partial charge in [0.05, 0.1) is 12.9 Å². The zero-order valence-electron chi connectivity index (χ0n) is 15.4. The number of hydrogen-bond acceptors (Lipinski definition) is 6. The molecular formula is C19H22BNO5. The van der Waals surface area contributed by atoms with Gasteiger partial charge in [0.2, 0.25) is 5.76 Å². The minimum atomic E-state index is -0.488. The van der Waals surface area contributed by atoms with Gasteiger partial charge in [-0.1, -0.05) is 18.7 Å². The quantitative estimate of drug-likeness (QED) is 0.657. The topological polar surface area (TPSA) is 69.9 Å². The second-order valence-electron chi connectivity index (χ2n) is 6.66. The molecule has 1 saturated heterocycles. The number of carbonyl (C=O) groups excluding carboxylic acids is 1. The highest BCUT2D eigenvalue weighted by molar-refractivity contribution is 6.62. The second kappa shape index (κ2) is 6.92. The molecule has 1 aromatic carbocycles. The van der Waals surface area contributed by atoms with Gasteiger partial charge in [-0.25, -0.2) is 4.79 Å². The van der Waals surface area contributed by atoms with Gasteiger partial charge in [-0.05, 0) is 44.4 Å². The summed E-state index contributed by atoms with van der Waals surface area (Å²) < 4.78 is 21.6. The Morgan fingerprint density at radius 1 is 1.31 bits per heavy atom. The molecule has 0 bridgehead atoms. The van der Waals surface area contributed by atoms with Crippen LogP contribution in [0, 0.1) is 6.92 Å². The maximum atomic E-state index is 11.5. The van der Waals surface area contributed by atoms with Crippen LogP contribution in [0.15, 0.2) is 47.1 Å². The molecule has 0 aliphatic carbocycles. The lowest BCUT2D eigenvalue weighted by atomic mass is 9.79. The summed E-state index contributed by atoms with van der Waals surface area (Å²) in [7, 11) is 0.888. The van der Waals surface area contributed by atoms with Gasteiger partial charge in [-0.2, -0.15) is 0 Å². The van der Waals surface area contributed by atoms with E-state index in [9.17, 15) is 4.79 Å². The predicted molar refractivity (Wildman–Crippen MR) is 99.3 cm³/mol. The summed E-state index contributed by atoms with van der Waals surface area (Å²) in [6, 6.07) is 9.49. The van der Waals surface area contributed by atoms with Crippen molar-refractivity contribution in [2.24, 2.45) is 0 Å². The molecule has 0 saturated carbocycles. The molecule has 136 valence electrons. The number of carbonyl (C=O) groups is 1. The van der Waals surface area contributed by atoms with Crippen LogP contribution in [-0.2, 0) is 20.6 Å². The van der Waals surface area contributed by atoms with Crippen LogP contribution in [-0.4, -0.2) is 25.8 Å². The average molecular weight is 355 g/mol. The lowest BCUT2D eigenvalue weighted by molar-refractivity contribution is 0.0563. The molecule has 1 N–H and O–H groups in total. The van der Waals surface area contributed by atoms with Crippen molar-refractivity contribution >= 4 is 24.2 Å². The highest BCUT2D eigenvalue weighted by Gasteiger charge is 2.42. The Morgan fingerprint density at radius 3 is 2.58 bits per heavy atom. The van der Waals surface area contributed by atoms with Crippen molar-refractivity contribution in [2.75, 3.05) is 12.4 Å². The van der Waals surface area contributed by atoms with E-state index in [1.165, 1.54) is 7.11 Å². The zero-order valence-corrected chi connectivity index (χ0v) is 15.4. The molecule has 0 radical (unpaired) electrons. The summed E-state index contributed by atoms with van der Waals surface area (Å²) in [5.74, 6) is 1.03. The van der Waals surface area contributed by atoms with Crippen LogP contribution in [0.3, 0.4) is 0 Å². The lowest BCUT2D eigenvalue weighted by Gasteiger charge is -2.15. The summed E-state index contributed by atoms with van der Waals surface area (Å²) in [5, 5.41) is 3.30. The number of furan rings is 1. The monoisotopic (exact) mass is 355 g/mol. The van der Waals surface area contributed by atoms with E-state index in [-0.39, 0.29) is 5.76 Å². The third-order valence-corrected chi connectivity index (χ3v) is 4.40. The van der Waals surface area contributed by atoms with Gasteiger partial charge in [-0.3, -0.25) is 0 Å². The van der Waals surface area contributed by atoms with E-state index in [4.69, 9.17) is 13.7 Å². The van der Waals surface area contributed by atoms with Crippen molar-refractivity contribution in [1.82, 2.24) is 0 Å². The van der Waals surface area contributed by atoms with Crippen LogP contribution in [0.25, 0.3) is 0 Å². The Labute approximate surface area is 153 Å². The van der Waals surface area contributed by atoms with Crippen molar-refractivity contribution in [2.45, 2.75) is 32.9 Å². The SMILES string of the molecule is C=C1OB(c2ccc(NCc3cc(C(=O)OC)oc3C)cc2)OC1(C)C. The minimum Gasteiger partial charge on any atom is -0.534 e. The van der Waals surface area contributed by atoms with Crippen molar-refractivity contribution in [1.29, 1.82) is 0 Å². The highest BCUT2D eigenvalue weighted by Crippen LogP contribution is 2.29. The third-order valence-electron chi connectivity index (χ3n) is 4.40. The standard InChI is InChI=1S/C19H22BNO5/c1-12-14(10-17(24-12)18(22)23-5)11-21-16-8-6-15(7-9-16)20-25-13(2)19(3,4)26-20/h6-10,21H,2,11H2,1,3-5H3. The van der Waals surface area contributed by atoms with Crippen LogP contribution in [0.5, 0.6) is 0 Å². The summed E-state index contributed by atoms with van der Waals surface area (Å²) >= 11 is 0. The molecule has 2 heterocycles. The summed E-state index contributed by atoms with van der Waals surface area (Å²) in [4.78, 5) is 11.5. The molecule has 0 unspecified atom stereocenters. The normalized spacial score (nSPS) is 15.7. The Morgan fingerprint density at radius 2 is 2.00 bits per heavy atom. The number of ether oxygens (including phenoxy) is 1. The number of nitrogens with one attached hydrogen (secondary N) is 1. The van der Waals surface area contributed by atoms with E-state index >= 15 is 0 Å². The van der Waals surface area contributed by atoms with Gasteiger partial charge in [0.25, 0.3) is 0 Å². The predicted octanol–water partition coefficient (Wildman–Crippen LogP) is 3.02. The fraction of sp³-hybridized carbons (Fsp3) is 0.316. The molecule has 1 aromatic heterocycles. The highest BCUT2D eigenvalue weighted by atomic mass is 16.7. The molecule has 0 amide bonds. The van der Waals surface area contributed by atoms with Gasteiger partial charge in [-0.15, -0.1) is 0 Å². The number of rotatable bonds is 5. The zero-order chi connectivity index (χ0) is 18.9. The Bertz CT molecular complexity index is 825. The van der Waals surface area contributed by atoms with E-state index in [2.05, 4.69) is 16.6 Å². The summed E-state index contributed by atoms with van der Waals surface area (Å²) in [6.45, 7) is 10.1. The molecule has 0 atom stereocenters. The lowest BCUT2D eigenvalue weighted by Crippen LogP contribution is -2.34. The maximum absolute atomic E-state index is 11.5. The van der Waals surface area contributed by atoms with Gasteiger partial charge in [0, 0.05) is 17.8 Å². The smallest absolute Gasteiger partial charge is 0.534 e. The molecule has 6 nitrogen and oxygen atoms in total. The van der Waals surface area contributed by atoms with Gasteiger partial charge in [0.1, 0.15) is 11.4 Å². The number of methoxy groups -OCH3 is 1. The fourth-order valence-corrected chi connectivity index (χ4v) is 2.62. The molecule has 1 aliphatic rings. The van der Waals surface area contributed by atoms with E-state index in [0.29, 0.717) is 18.1 Å². The Kier molecular flexibility index (Phi) is 4.83. The molecule has 1 fully saturated rings. The molecular weight excluding hydrogens is 333 g/mol. The maximum Gasteiger partial charge on any atom is 0.563 e. The summed E-state index contributed by atoms with van der Waals surface area (Å²) in [5.41, 5.74) is 2.27. The van der Waals surface area contributed by atoms with Crippen molar-refractivity contribution in [3.8, 4) is 0 Å². The third kappa shape index (κ3) is 3.62. The Balaban J connectivity index is 1.63. The van der Waals surface area contributed by atoms with Gasteiger partial charge < -0.3 is 23.8 Å². The first-order valence-electron chi connectivity index (χ1n) is 8.35. The molecule has 26 heavy (non-hydrogen) atoms. The van der Waals surface area contributed by atoms with Crippen LogP contribution >= 0.6 is 0 Å². The van der Waals surface area contributed by atoms with E-state index in [1.54, 1.807) is 6.07 Å². The van der Waals surface area contributed by atoms with Crippen LogP contribution < -0.4 is 10.8 Å². The molecule has 7 heteroatoms. The Hall–Kier alpha value is -2.67. The van der Waals surface area contributed by atoms with Crippen LogP contribution in [0.4, 0.5) is 5.69 Å². The first-order valence-corrected chi connectivity index (χ1v) is 8.35. The van der Waals surface area contributed by atoms with Gasteiger partial charge in [0.15, 0.2) is 0 Å². The fourth-order valence-electron chi connectivity index (χ4n) is 2.62. The second-order valence-corrected chi connectivity index (χ2v) is 6.66. The number of anilines is 1. The molecule has 3 rings (SSSR count). The van der Waals surface area contributed by atoms with Crippen molar-refractivity contribution in [3.05, 3.63) is 59.8 Å². The van der Waals surface area contributed by atoms with Crippen molar-refractivity contribution < 1.29 is 23.3 Å². The first-order chi connectivity index (χ1) is 12.3. The van der Waals surface area contributed by atoms with E-state index < -0.39 is 18.7 Å². The molecule has 2 aromatic rings. The summed E-state index contributed by atoms with van der Waals surface area (Å²) in [6.07, 6.45) is 0. The molecule has 1 aliphatic heterocycles. The number of hydrogen-bond donors (Lipinski definition) is 1. The van der Waals surface area contributed by atoms with E-state index in [1.807, 2.05) is 45.0 Å². The van der Waals surface area contributed by atoms with E-state index in [0.717, 1.165) is 16.7 Å². The van der Waals surface area contributed by atoms with Crippen LogP contribution in [0.1, 0.15) is 35.7 Å². The number of benzene rings is 1. The number of aryl methyl sites for hydroxylation is 1.